The highest BCUT2D eigenvalue weighted by atomic mass is 28.2. The molecule has 1 nitrogen and oxygen atoms in total. The van der Waals surface area contributed by atoms with Crippen LogP contribution in [-0.4, -0.2) is 26.3 Å². The summed E-state index contributed by atoms with van der Waals surface area (Å²) in [4.78, 5) is 0. The predicted octanol–water partition coefficient (Wildman–Crippen LogP) is 1.77. The van der Waals surface area contributed by atoms with Crippen LogP contribution in [0.3, 0.4) is 0 Å². The fourth-order valence-corrected chi connectivity index (χ4v) is 3.89. The molecule has 1 aliphatic carbocycles. The first-order valence-electron chi connectivity index (χ1n) is 5.01. The number of hydrogen-bond acceptors (Lipinski definition) is 1. The molecule has 0 N–H and O–H groups in total. The fraction of sp³-hybridized carbons (Fsp3) is 1.00. The number of rotatable bonds is 3. The molecule has 0 aromatic carbocycles. The van der Waals surface area contributed by atoms with Gasteiger partial charge in [-0.25, -0.2) is 0 Å². The molecule has 1 aliphatic rings. The van der Waals surface area contributed by atoms with Crippen LogP contribution in [0.4, 0.5) is 0 Å². The van der Waals surface area contributed by atoms with Gasteiger partial charge in [-0.05, 0) is 18.9 Å². The summed E-state index contributed by atoms with van der Waals surface area (Å²) in [5, 5.41) is 0. The van der Waals surface area contributed by atoms with Crippen molar-refractivity contribution in [1.82, 2.24) is 4.57 Å². The molecular weight excluding hydrogens is 150 g/mol. The molecule has 1 fully saturated rings. The van der Waals surface area contributed by atoms with Crippen molar-refractivity contribution < 1.29 is 0 Å². The molecule has 1 rings (SSSR count). The van der Waals surface area contributed by atoms with E-state index in [1.807, 2.05) is 0 Å². The highest BCUT2D eigenvalue weighted by Gasteiger charge is 2.22. The Balaban J connectivity index is 2.40. The van der Waals surface area contributed by atoms with Crippen molar-refractivity contribution >= 4 is 9.68 Å². The summed E-state index contributed by atoms with van der Waals surface area (Å²) in [5.74, 6) is 0. The van der Waals surface area contributed by atoms with E-state index < -0.39 is 0 Å². The van der Waals surface area contributed by atoms with Crippen LogP contribution in [0.15, 0.2) is 0 Å². The Morgan fingerprint density at radius 3 is 2.18 bits per heavy atom. The summed E-state index contributed by atoms with van der Waals surface area (Å²) in [5.41, 5.74) is 0. The van der Waals surface area contributed by atoms with Crippen molar-refractivity contribution in [2.45, 2.75) is 58.2 Å². The largest absolute Gasteiger partial charge is 0.325 e. The van der Waals surface area contributed by atoms with E-state index in [2.05, 4.69) is 25.0 Å². The van der Waals surface area contributed by atoms with Gasteiger partial charge in [0.1, 0.15) is 0 Å². The lowest BCUT2D eigenvalue weighted by molar-refractivity contribution is 0.283. The molecule has 11 heavy (non-hydrogen) atoms. The molecule has 0 heterocycles. The molecule has 0 radical (unpaired) electrons. The number of nitrogens with zero attached hydrogens (tertiary/aromatic N) is 1. The van der Waals surface area contributed by atoms with E-state index >= 15 is 0 Å². The smallest absolute Gasteiger partial charge is 0.0926 e. The minimum absolute atomic E-state index is 0.0844. The van der Waals surface area contributed by atoms with Crippen LogP contribution in [0.25, 0.3) is 0 Å². The second-order valence-corrected chi connectivity index (χ2v) is 5.23. The lowest BCUT2D eigenvalue weighted by Crippen LogP contribution is -2.40. The van der Waals surface area contributed by atoms with Gasteiger partial charge in [0.05, 0.1) is 9.68 Å². The highest BCUT2D eigenvalue weighted by Crippen LogP contribution is 2.23. The molecular formula is C9H21NSi. The summed E-state index contributed by atoms with van der Waals surface area (Å²) >= 11 is 0. The molecule has 66 valence electrons. The second kappa shape index (κ2) is 4.26. The van der Waals surface area contributed by atoms with Gasteiger partial charge < -0.3 is 4.57 Å². The van der Waals surface area contributed by atoms with Gasteiger partial charge in [-0.1, -0.05) is 33.2 Å². The van der Waals surface area contributed by atoms with Gasteiger partial charge >= 0.3 is 0 Å². The summed E-state index contributed by atoms with van der Waals surface area (Å²) in [6.07, 6.45) is 5.89. The first-order valence-corrected chi connectivity index (χ1v) is 7.06. The zero-order valence-corrected chi connectivity index (χ0v) is 9.55. The van der Waals surface area contributed by atoms with E-state index in [0.29, 0.717) is 0 Å². The van der Waals surface area contributed by atoms with Crippen LogP contribution in [0.5, 0.6) is 0 Å². The molecule has 0 saturated heterocycles. The molecule has 2 heteroatoms. The third kappa shape index (κ3) is 2.31. The average Bonchev–Trinajstić information content (AvgIpc) is 2.40. The lowest BCUT2D eigenvalue weighted by Gasteiger charge is -2.31. The summed E-state index contributed by atoms with van der Waals surface area (Å²) in [7, 11) is 0.0844. The van der Waals surface area contributed by atoms with Gasteiger partial charge in [-0.2, -0.15) is 0 Å². The third-order valence-electron chi connectivity index (χ3n) is 2.82. The standard InChI is InChI=1S/C9H21NSi/c1-8(2)10(11-3)9-6-4-5-7-9/h8-9H,4-7,11H2,1-3H3. The Labute approximate surface area is 73.1 Å². The zero-order chi connectivity index (χ0) is 8.27. The second-order valence-electron chi connectivity index (χ2n) is 3.86. The lowest BCUT2D eigenvalue weighted by atomic mass is 10.2. The van der Waals surface area contributed by atoms with Gasteiger partial charge in [0, 0.05) is 6.04 Å². The van der Waals surface area contributed by atoms with Gasteiger partial charge in [-0.15, -0.1) is 0 Å². The molecule has 0 amide bonds. The van der Waals surface area contributed by atoms with Crippen LogP contribution in [0.2, 0.25) is 6.55 Å². The Bertz CT molecular complexity index is 108. The molecule has 0 atom stereocenters. The predicted molar refractivity (Wildman–Crippen MR) is 53.6 cm³/mol. The van der Waals surface area contributed by atoms with E-state index in [1.165, 1.54) is 25.7 Å². The summed E-state index contributed by atoms with van der Waals surface area (Å²) < 4.78 is 2.77. The molecule has 0 spiro atoms. The van der Waals surface area contributed by atoms with Gasteiger partial charge in [0.15, 0.2) is 0 Å². The average molecular weight is 171 g/mol. The van der Waals surface area contributed by atoms with Crippen LogP contribution < -0.4 is 0 Å². The summed E-state index contributed by atoms with van der Waals surface area (Å²) in [6, 6.07) is 1.77. The normalized spacial score (nSPS) is 21.5. The Kier molecular flexibility index (Phi) is 3.59. The Hall–Kier alpha value is 0.177. The van der Waals surface area contributed by atoms with Crippen molar-refractivity contribution in [2.24, 2.45) is 0 Å². The topological polar surface area (TPSA) is 3.24 Å². The number of hydrogen-bond donors (Lipinski definition) is 0. The third-order valence-corrected chi connectivity index (χ3v) is 4.80. The molecule has 0 bridgehead atoms. The monoisotopic (exact) mass is 171 g/mol. The van der Waals surface area contributed by atoms with Gasteiger partial charge in [0.25, 0.3) is 0 Å². The maximum atomic E-state index is 2.77. The molecule has 0 aromatic heterocycles. The van der Waals surface area contributed by atoms with E-state index in [4.69, 9.17) is 0 Å². The minimum atomic E-state index is 0.0844. The van der Waals surface area contributed by atoms with E-state index in [1.54, 1.807) is 0 Å². The first-order chi connectivity index (χ1) is 5.25. The fourth-order valence-electron chi connectivity index (χ4n) is 2.28. The minimum Gasteiger partial charge on any atom is -0.325 e. The van der Waals surface area contributed by atoms with E-state index in [-0.39, 0.29) is 9.68 Å². The van der Waals surface area contributed by atoms with Crippen LogP contribution in [0, 0.1) is 0 Å². The van der Waals surface area contributed by atoms with Crippen molar-refractivity contribution in [3.8, 4) is 0 Å². The van der Waals surface area contributed by atoms with Crippen molar-refractivity contribution in [3.05, 3.63) is 0 Å². The van der Waals surface area contributed by atoms with Crippen LogP contribution in [-0.2, 0) is 0 Å². The van der Waals surface area contributed by atoms with Crippen molar-refractivity contribution in [2.75, 3.05) is 0 Å². The first kappa shape index (κ1) is 9.27. The van der Waals surface area contributed by atoms with Gasteiger partial charge in [-0.3, -0.25) is 0 Å². The maximum Gasteiger partial charge on any atom is 0.0926 e. The molecule has 0 unspecified atom stereocenters. The quantitative estimate of drug-likeness (QED) is 0.585. The van der Waals surface area contributed by atoms with E-state index in [9.17, 15) is 0 Å². The van der Waals surface area contributed by atoms with Crippen LogP contribution in [0.1, 0.15) is 39.5 Å². The van der Waals surface area contributed by atoms with Crippen molar-refractivity contribution in [3.63, 3.8) is 0 Å². The van der Waals surface area contributed by atoms with Crippen molar-refractivity contribution in [1.29, 1.82) is 0 Å². The Morgan fingerprint density at radius 1 is 1.27 bits per heavy atom. The van der Waals surface area contributed by atoms with Gasteiger partial charge in [0.2, 0.25) is 0 Å². The zero-order valence-electron chi connectivity index (χ0n) is 8.14. The van der Waals surface area contributed by atoms with Crippen LogP contribution >= 0.6 is 0 Å². The molecule has 1 saturated carbocycles. The highest BCUT2D eigenvalue weighted by molar-refractivity contribution is 6.30. The molecule has 0 aromatic rings. The SMILES string of the molecule is C[SiH2]N(C(C)C)C1CCCC1. The maximum absolute atomic E-state index is 2.77. The Morgan fingerprint density at radius 2 is 1.82 bits per heavy atom. The summed E-state index contributed by atoms with van der Waals surface area (Å²) in [6.45, 7) is 7.10. The molecule has 0 aliphatic heterocycles. The van der Waals surface area contributed by atoms with E-state index in [0.717, 1.165) is 12.1 Å².